The quantitative estimate of drug-likeness (QED) is 0.867. The molecule has 17 heavy (non-hydrogen) atoms. The van der Waals surface area contributed by atoms with Crippen LogP contribution in [0.2, 0.25) is 0 Å². The summed E-state index contributed by atoms with van der Waals surface area (Å²) >= 11 is 0. The highest BCUT2D eigenvalue weighted by Gasteiger charge is 2.21. The third-order valence-corrected chi connectivity index (χ3v) is 3.89. The fourth-order valence-corrected chi connectivity index (χ4v) is 2.88. The molecule has 0 saturated carbocycles. The number of ether oxygens (including phenoxy) is 1. The van der Waals surface area contributed by atoms with Crippen LogP contribution in [-0.4, -0.2) is 29.3 Å². The average Bonchev–Trinajstić information content (AvgIpc) is 3.02. The lowest BCUT2D eigenvalue weighted by Crippen LogP contribution is -2.29. The number of nitrogens with zero attached hydrogens (tertiary/aromatic N) is 2. The van der Waals surface area contributed by atoms with Gasteiger partial charge in [-0.25, -0.2) is 4.98 Å². The summed E-state index contributed by atoms with van der Waals surface area (Å²) in [5.41, 5.74) is 1.36. The summed E-state index contributed by atoms with van der Waals surface area (Å²) in [7, 11) is 0. The molecular formula is C13H21N3O. The molecule has 4 nitrogen and oxygen atoms in total. The van der Waals surface area contributed by atoms with Crippen LogP contribution in [0, 0.1) is 5.92 Å². The second-order valence-corrected chi connectivity index (χ2v) is 5.20. The molecule has 2 aliphatic rings. The Bertz CT molecular complexity index is 351. The standard InChI is InChI=1S/C13H21N3O/c1-2-5-15-12(3-1)13-7-14-10-16(13)8-11-4-6-17-9-11/h7,10-12,15H,1-6,8-9H2. The Morgan fingerprint density at radius 1 is 1.41 bits per heavy atom. The normalized spacial score (nSPS) is 29.6. The number of piperidine rings is 1. The van der Waals surface area contributed by atoms with Gasteiger partial charge >= 0.3 is 0 Å². The van der Waals surface area contributed by atoms with E-state index in [9.17, 15) is 0 Å². The Labute approximate surface area is 102 Å². The first-order chi connectivity index (χ1) is 8.43. The number of aromatic nitrogens is 2. The maximum absolute atomic E-state index is 5.44. The van der Waals surface area contributed by atoms with Crippen molar-refractivity contribution < 1.29 is 4.74 Å². The molecule has 1 N–H and O–H groups in total. The van der Waals surface area contributed by atoms with Crippen molar-refractivity contribution in [1.29, 1.82) is 0 Å². The van der Waals surface area contributed by atoms with Crippen LogP contribution >= 0.6 is 0 Å². The molecule has 3 rings (SSSR count). The van der Waals surface area contributed by atoms with Gasteiger partial charge in [0.15, 0.2) is 0 Å². The highest BCUT2D eigenvalue weighted by molar-refractivity contribution is 5.06. The van der Waals surface area contributed by atoms with Crippen LogP contribution in [-0.2, 0) is 11.3 Å². The Balaban J connectivity index is 1.69. The minimum absolute atomic E-state index is 0.508. The van der Waals surface area contributed by atoms with Gasteiger partial charge in [0.2, 0.25) is 0 Å². The van der Waals surface area contributed by atoms with Crippen LogP contribution in [0.15, 0.2) is 12.5 Å². The van der Waals surface area contributed by atoms with Gasteiger partial charge in [0.25, 0.3) is 0 Å². The van der Waals surface area contributed by atoms with Crippen LogP contribution in [0.1, 0.15) is 37.4 Å². The monoisotopic (exact) mass is 235 g/mol. The van der Waals surface area contributed by atoms with Crippen molar-refractivity contribution in [2.75, 3.05) is 19.8 Å². The van der Waals surface area contributed by atoms with Crippen molar-refractivity contribution >= 4 is 0 Å². The van der Waals surface area contributed by atoms with E-state index in [1.54, 1.807) is 0 Å². The van der Waals surface area contributed by atoms with Gasteiger partial charge in [0.05, 0.1) is 18.6 Å². The zero-order valence-electron chi connectivity index (χ0n) is 10.3. The molecular weight excluding hydrogens is 214 g/mol. The molecule has 94 valence electrons. The molecule has 0 bridgehead atoms. The van der Waals surface area contributed by atoms with Crippen molar-refractivity contribution in [2.45, 2.75) is 38.3 Å². The zero-order chi connectivity index (χ0) is 11.5. The van der Waals surface area contributed by atoms with Crippen molar-refractivity contribution in [1.82, 2.24) is 14.9 Å². The molecule has 4 heteroatoms. The summed E-state index contributed by atoms with van der Waals surface area (Å²) in [6.07, 6.45) is 9.07. The Kier molecular flexibility index (Phi) is 3.43. The lowest BCUT2D eigenvalue weighted by atomic mass is 10.0. The fourth-order valence-electron chi connectivity index (χ4n) is 2.88. The molecule has 1 aromatic heterocycles. The van der Waals surface area contributed by atoms with Crippen LogP contribution in [0.3, 0.4) is 0 Å². The van der Waals surface area contributed by atoms with Gasteiger partial charge in [0, 0.05) is 31.3 Å². The van der Waals surface area contributed by atoms with Crippen LogP contribution in [0.4, 0.5) is 0 Å². The molecule has 2 fully saturated rings. The minimum Gasteiger partial charge on any atom is -0.381 e. The zero-order valence-corrected chi connectivity index (χ0v) is 10.3. The van der Waals surface area contributed by atoms with E-state index in [1.165, 1.54) is 31.4 Å². The van der Waals surface area contributed by atoms with E-state index in [4.69, 9.17) is 4.74 Å². The third kappa shape index (κ3) is 2.53. The average molecular weight is 235 g/mol. The van der Waals surface area contributed by atoms with Crippen molar-refractivity contribution in [3.8, 4) is 0 Å². The van der Waals surface area contributed by atoms with Crippen LogP contribution < -0.4 is 5.32 Å². The molecule has 2 unspecified atom stereocenters. The number of hydrogen-bond donors (Lipinski definition) is 1. The molecule has 0 aromatic carbocycles. The summed E-state index contributed by atoms with van der Waals surface area (Å²) in [5.74, 6) is 0.673. The van der Waals surface area contributed by atoms with E-state index < -0.39 is 0 Å². The molecule has 0 radical (unpaired) electrons. The SMILES string of the molecule is c1ncn(CC2CCOC2)c1C1CCCCN1. The summed E-state index contributed by atoms with van der Waals surface area (Å²) < 4.78 is 7.76. The Morgan fingerprint density at radius 3 is 3.18 bits per heavy atom. The maximum atomic E-state index is 5.44. The highest BCUT2D eigenvalue weighted by Crippen LogP contribution is 2.24. The highest BCUT2D eigenvalue weighted by atomic mass is 16.5. The van der Waals surface area contributed by atoms with Crippen molar-refractivity contribution in [3.05, 3.63) is 18.2 Å². The van der Waals surface area contributed by atoms with Gasteiger partial charge < -0.3 is 14.6 Å². The third-order valence-electron chi connectivity index (χ3n) is 3.89. The van der Waals surface area contributed by atoms with E-state index in [0.29, 0.717) is 12.0 Å². The Hall–Kier alpha value is -0.870. The molecule has 0 spiro atoms. The summed E-state index contributed by atoms with van der Waals surface area (Å²) in [6, 6.07) is 0.508. The summed E-state index contributed by atoms with van der Waals surface area (Å²) in [4.78, 5) is 4.32. The molecule has 0 aliphatic carbocycles. The maximum Gasteiger partial charge on any atom is 0.0948 e. The summed E-state index contributed by atoms with van der Waals surface area (Å²) in [6.45, 7) is 4.04. The first-order valence-electron chi connectivity index (χ1n) is 6.74. The first kappa shape index (κ1) is 11.2. The smallest absolute Gasteiger partial charge is 0.0948 e. The van der Waals surface area contributed by atoms with E-state index in [1.807, 2.05) is 12.5 Å². The van der Waals surface area contributed by atoms with E-state index >= 15 is 0 Å². The number of rotatable bonds is 3. The molecule has 2 atom stereocenters. The molecule has 1 aromatic rings. The van der Waals surface area contributed by atoms with Gasteiger partial charge in [-0.05, 0) is 25.8 Å². The second-order valence-electron chi connectivity index (χ2n) is 5.20. The van der Waals surface area contributed by atoms with Gasteiger partial charge in [-0.2, -0.15) is 0 Å². The topological polar surface area (TPSA) is 39.1 Å². The number of nitrogens with one attached hydrogen (secondary N) is 1. The largest absolute Gasteiger partial charge is 0.381 e. The van der Waals surface area contributed by atoms with Gasteiger partial charge in [-0.1, -0.05) is 6.42 Å². The summed E-state index contributed by atoms with van der Waals surface area (Å²) in [5, 5.41) is 3.59. The predicted octanol–water partition coefficient (Wildman–Crippen LogP) is 1.73. The minimum atomic E-state index is 0.508. The van der Waals surface area contributed by atoms with Gasteiger partial charge in [-0.15, -0.1) is 0 Å². The van der Waals surface area contributed by atoms with E-state index in [2.05, 4.69) is 14.9 Å². The molecule has 2 aliphatic heterocycles. The number of hydrogen-bond acceptors (Lipinski definition) is 3. The lowest BCUT2D eigenvalue weighted by molar-refractivity contribution is 0.182. The number of imidazole rings is 1. The molecule has 3 heterocycles. The fraction of sp³-hybridized carbons (Fsp3) is 0.769. The molecule has 2 saturated heterocycles. The van der Waals surface area contributed by atoms with E-state index in [0.717, 1.165) is 26.3 Å². The van der Waals surface area contributed by atoms with Gasteiger partial charge in [0.1, 0.15) is 0 Å². The van der Waals surface area contributed by atoms with Crippen molar-refractivity contribution in [3.63, 3.8) is 0 Å². The van der Waals surface area contributed by atoms with Gasteiger partial charge in [-0.3, -0.25) is 0 Å². The van der Waals surface area contributed by atoms with Crippen LogP contribution in [0.5, 0.6) is 0 Å². The predicted molar refractivity (Wildman–Crippen MR) is 65.7 cm³/mol. The van der Waals surface area contributed by atoms with E-state index in [-0.39, 0.29) is 0 Å². The second kappa shape index (κ2) is 5.19. The molecule has 0 amide bonds. The van der Waals surface area contributed by atoms with Crippen LogP contribution in [0.25, 0.3) is 0 Å². The Morgan fingerprint density at radius 2 is 2.41 bits per heavy atom. The van der Waals surface area contributed by atoms with Crippen molar-refractivity contribution in [2.24, 2.45) is 5.92 Å². The lowest BCUT2D eigenvalue weighted by Gasteiger charge is -2.25. The first-order valence-corrected chi connectivity index (χ1v) is 6.74.